The third-order valence-corrected chi connectivity index (χ3v) is 8.52. The van der Waals surface area contributed by atoms with Crippen LogP contribution in [-0.2, 0) is 14.6 Å². The maximum Gasteiger partial charge on any atom is 0.260 e. The lowest BCUT2D eigenvalue weighted by molar-refractivity contribution is 0.0391. The molecular weight excluding hydrogens is 505 g/mol. The predicted octanol–water partition coefficient (Wildman–Crippen LogP) is 4.14. The molecule has 0 unspecified atom stereocenters. The molecule has 2 heterocycles. The zero-order valence-electron chi connectivity index (χ0n) is 18.1. The van der Waals surface area contributed by atoms with Crippen molar-refractivity contribution in [3.63, 3.8) is 0 Å². The first-order valence-electron chi connectivity index (χ1n) is 10.4. The molecule has 0 spiro atoms. The average Bonchev–Trinajstić information content (AvgIpc) is 3.25. The van der Waals surface area contributed by atoms with Crippen LogP contribution in [0.15, 0.2) is 47.4 Å². The van der Waals surface area contributed by atoms with Crippen LogP contribution >= 0.6 is 35.3 Å². The number of fused-ring (bicyclic) bond motifs is 1. The fourth-order valence-electron chi connectivity index (χ4n) is 3.50. The lowest BCUT2D eigenvalue weighted by Gasteiger charge is -2.29. The molecule has 1 aliphatic heterocycles. The van der Waals surface area contributed by atoms with E-state index in [0.29, 0.717) is 47.5 Å². The number of halogens is 2. The number of amides is 1. The average molecular weight is 530 g/mol. The fraction of sp³-hybridized carbons (Fsp3) is 0.364. The Kier molecular flexibility index (Phi) is 8.71. The molecule has 1 aromatic heterocycles. The van der Waals surface area contributed by atoms with E-state index in [1.807, 2.05) is 12.1 Å². The van der Waals surface area contributed by atoms with Crippen molar-refractivity contribution >= 4 is 66.4 Å². The molecule has 1 fully saturated rings. The second-order valence-electron chi connectivity index (χ2n) is 7.42. The molecule has 0 aliphatic carbocycles. The van der Waals surface area contributed by atoms with Crippen LogP contribution in [0.3, 0.4) is 0 Å². The fourth-order valence-corrected chi connectivity index (χ4v) is 5.67. The number of carbonyl (C=O) groups is 1. The third kappa shape index (κ3) is 5.85. The van der Waals surface area contributed by atoms with Gasteiger partial charge in [0.25, 0.3) is 5.91 Å². The van der Waals surface area contributed by atoms with E-state index in [1.54, 1.807) is 30.0 Å². The smallest absolute Gasteiger partial charge is 0.260 e. The van der Waals surface area contributed by atoms with E-state index in [4.69, 9.17) is 16.3 Å². The van der Waals surface area contributed by atoms with Gasteiger partial charge in [0.2, 0.25) is 0 Å². The van der Waals surface area contributed by atoms with Crippen molar-refractivity contribution in [3.05, 3.63) is 53.1 Å². The van der Waals surface area contributed by atoms with E-state index in [9.17, 15) is 13.2 Å². The van der Waals surface area contributed by atoms with Gasteiger partial charge in [-0.3, -0.25) is 14.6 Å². The quantitative estimate of drug-likeness (QED) is 0.457. The highest BCUT2D eigenvalue weighted by Crippen LogP contribution is 2.33. The predicted molar refractivity (Wildman–Crippen MR) is 135 cm³/mol. The molecule has 1 saturated heterocycles. The van der Waals surface area contributed by atoms with Gasteiger partial charge in [-0.25, -0.2) is 13.4 Å². The number of thiazole rings is 1. The largest absolute Gasteiger partial charge is 0.379 e. The Morgan fingerprint density at radius 1 is 1.18 bits per heavy atom. The molecule has 0 radical (unpaired) electrons. The van der Waals surface area contributed by atoms with Crippen LogP contribution < -0.4 is 4.90 Å². The first-order chi connectivity index (χ1) is 15.4. The number of anilines is 1. The Morgan fingerprint density at radius 2 is 1.88 bits per heavy atom. The SMILES string of the molecule is CCS(=O)(=O)c1ccc(C(=O)N(CCN2CCOCC2)c2nc3c(Cl)cccc3s2)cc1.Cl. The van der Waals surface area contributed by atoms with Crippen LogP contribution in [0.4, 0.5) is 5.13 Å². The van der Waals surface area contributed by atoms with Crippen LogP contribution in [0, 0.1) is 0 Å². The molecule has 11 heteroatoms. The molecule has 0 bridgehead atoms. The molecule has 1 amide bonds. The minimum atomic E-state index is -3.33. The van der Waals surface area contributed by atoms with Crippen LogP contribution in [0.1, 0.15) is 17.3 Å². The van der Waals surface area contributed by atoms with Crippen LogP contribution in [0.5, 0.6) is 0 Å². The molecule has 3 aromatic rings. The Labute approximate surface area is 208 Å². The van der Waals surface area contributed by atoms with Gasteiger partial charge in [0.05, 0.1) is 33.6 Å². The first kappa shape index (κ1) is 25.9. The number of hydrogen-bond acceptors (Lipinski definition) is 7. The number of aromatic nitrogens is 1. The number of morpholine rings is 1. The molecule has 1 aliphatic rings. The van der Waals surface area contributed by atoms with Crippen molar-refractivity contribution in [2.24, 2.45) is 0 Å². The minimum absolute atomic E-state index is 0. The Morgan fingerprint density at radius 3 is 2.52 bits per heavy atom. The summed E-state index contributed by atoms with van der Waals surface area (Å²) in [5.41, 5.74) is 1.08. The molecule has 4 rings (SSSR count). The number of sulfone groups is 1. The molecule has 7 nitrogen and oxygen atoms in total. The highest BCUT2D eigenvalue weighted by atomic mass is 35.5. The van der Waals surface area contributed by atoms with Gasteiger partial charge >= 0.3 is 0 Å². The van der Waals surface area contributed by atoms with Gasteiger partial charge in [0, 0.05) is 31.7 Å². The Hall–Kier alpha value is -1.75. The molecule has 178 valence electrons. The maximum atomic E-state index is 13.5. The lowest BCUT2D eigenvalue weighted by atomic mass is 10.2. The first-order valence-corrected chi connectivity index (χ1v) is 13.2. The monoisotopic (exact) mass is 529 g/mol. The van der Waals surface area contributed by atoms with Gasteiger partial charge in [-0.05, 0) is 36.4 Å². The topological polar surface area (TPSA) is 79.8 Å². The summed E-state index contributed by atoms with van der Waals surface area (Å²) in [4.78, 5) is 22.2. The highest BCUT2D eigenvalue weighted by molar-refractivity contribution is 7.91. The lowest BCUT2D eigenvalue weighted by Crippen LogP contribution is -2.43. The standard InChI is InChI=1S/C22H24ClN3O4S2.ClH/c1-2-32(28,29)17-8-6-16(7-9-17)21(27)26(11-10-25-12-14-30-15-13-25)22-24-20-18(23)4-3-5-19(20)31-22;/h3-9H,2,10-15H2,1H3;1H. The third-order valence-electron chi connectivity index (χ3n) is 5.42. The van der Waals surface area contributed by atoms with Crippen LogP contribution in [0.25, 0.3) is 10.2 Å². The zero-order chi connectivity index (χ0) is 22.7. The van der Waals surface area contributed by atoms with Gasteiger partial charge in [0.1, 0.15) is 5.52 Å². The summed E-state index contributed by atoms with van der Waals surface area (Å²) < 4.78 is 30.5. The van der Waals surface area contributed by atoms with E-state index in [-0.39, 0.29) is 29.0 Å². The van der Waals surface area contributed by atoms with E-state index in [2.05, 4.69) is 9.88 Å². The Bertz CT molecular complexity index is 1210. The van der Waals surface area contributed by atoms with Crippen molar-refractivity contribution in [2.45, 2.75) is 11.8 Å². The molecule has 0 saturated carbocycles. The number of benzene rings is 2. The van der Waals surface area contributed by atoms with Crippen molar-refractivity contribution in [1.82, 2.24) is 9.88 Å². The number of hydrogen-bond donors (Lipinski definition) is 0. The number of rotatable bonds is 7. The van der Waals surface area contributed by atoms with Gasteiger partial charge in [-0.2, -0.15) is 0 Å². The minimum Gasteiger partial charge on any atom is -0.379 e. The second-order valence-corrected chi connectivity index (χ2v) is 11.1. The van der Waals surface area contributed by atoms with Crippen molar-refractivity contribution in [3.8, 4) is 0 Å². The second kappa shape index (κ2) is 11.1. The summed E-state index contributed by atoms with van der Waals surface area (Å²) in [7, 11) is -3.33. The van der Waals surface area contributed by atoms with Crippen molar-refractivity contribution in [1.29, 1.82) is 0 Å². The Balaban J connectivity index is 0.00000306. The number of ether oxygens (including phenoxy) is 1. The summed E-state index contributed by atoms with van der Waals surface area (Å²) in [6.07, 6.45) is 0. The van der Waals surface area contributed by atoms with Gasteiger partial charge < -0.3 is 4.74 Å². The highest BCUT2D eigenvalue weighted by Gasteiger charge is 2.24. The number of para-hydroxylation sites is 1. The summed E-state index contributed by atoms with van der Waals surface area (Å²) in [6.45, 7) is 5.72. The summed E-state index contributed by atoms with van der Waals surface area (Å²) in [5.74, 6) is -0.216. The van der Waals surface area contributed by atoms with E-state index in [1.165, 1.54) is 23.5 Å². The van der Waals surface area contributed by atoms with E-state index < -0.39 is 9.84 Å². The van der Waals surface area contributed by atoms with Gasteiger partial charge in [-0.1, -0.05) is 35.9 Å². The maximum absolute atomic E-state index is 13.5. The molecule has 0 atom stereocenters. The molecule has 33 heavy (non-hydrogen) atoms. The summed E-state index contributed by atoms with van der Waals surface area (Å²) in [6, 6.07) is 11.7. The normalized spacial score (nSPS) is 14.7. The van der Waals surface area contributed by atoms with Crippen LogP contribution in [-0.4, -0.2) is 69.4 Å². The van der Waals surface area contributed by atoms with Crippen molar-refractivity contribution in [2.75, 3.05) is 50.0 Å². The summed E-state index contributed by atoms with van der Waals surface area (Å²) in [5, 5.41) is 1.11. The molecular formula is C22H25Cl2N3O4S2. The molecule has 2 aromatic carbocycles. The van der Waals surface area contributed by atoms with Crippen molar-refractivity contribution < 1.29 is 17.9 Å². The van der Waals surface area contributed by atoms with E-state index >= 15 is 0 Å². The molecule has 0 N–H and O–H groups in total. The van der Waals surface area contributed by atoms with Crippen LogP contribution in [0.2, 0.25) is 5.02 Å². The van der Waals surface area contributed by atoms with E-state index in [0.717, 1.165) is 17.8 Å². The number of carbonyl (C=O) groups excluding carboxylic acids is 1. The van der Waals surface area contributed by atoms with Gasteiger partial charge in [-0.15, -0.1) is 12.4 Å². The summed E-state index contributed by atoms with van der Waals surface area (Å²) >= 11 is 7.72. The zero-order valence-corrected chi connectivity index (χ0v) is 21.3. The number of nitrogens with zero attached hydrogens (tertiary/aromatic N) is 3. The van der Waals surface area contributed by atoms with Gasteiger partial charge in [0.15, 0.2) is 15.0 Å².